The van der Waals surface area contributed by atoms with Crippen LogP contribution in [0.3, 0.4) is 0 Å². The van der Waals surface area contributed by atoms with Gasteiger partial charge in [-0.3, -0.25) is 0 Å². The van der Waals surface area contributed by atoms with Crippen LogP contribution in [-0.2, 0) is 9.84 Å². The van der Waals surface area contributed by atoms with E-state index < -0.39 is 9.84 Å². The molecule has 1 heterocycles. The van der Waals surface area contributed by atoms with Crippen molar-refractivity contribution in [3.8, 4) is 6.07 Å². The molecule has 3 rings (SSSR count). The molecule has 4 nitrogen and oxygen atoms in total. The molecule has 0 saturated heterocycles. The number of benzene rings is 2. The van der Waals surface area contributed by atoms with Crippen LogP contribution in [0.1, 0.15) is 25.3 Å². The van der Waals surface area contributed by atoms with Gasteiger partial charge in [0.05, 0.1) is 10.6 Å². The first-order valence-corrected chi connectivity index (χ1v) is 9.26. The molecule has 2 aromatic carbocycles. The van der Waals surface area contributed by atoms with E-state index in [1.54, 1.807) is 17.0 Å². The highest BCUT2D eigenvalue weighted by molar-refractivity contribution is 7.95. The summed E-state index contributed by atoms with van der Waals surface area (Å²) in [7, 11) is -3.81. The van der Waals surface area contributed by atoms with E-state index in [0.29, 0.717) is 16.6 Å². The highest BCUT2D eigenvalue weighted by Crippen LogP contribution is 2.40. The zero-order chi connectivity index (χ0) is 17.5. The molecule has 0 fully saturated rings. The third kappa shape index (κ3) is 2.68. The highest BCUT2D eigenvalue weighted by Gasteiger charge is 2.32. The predicted molar refractivity (Wildman–Crippen MR) is 95.0 cm³/mol. The third-order valence-electron chi connectivity index (χ3n) is 3.95. The third-order valence-corrected chi connectivity index (χ3v) is 5.89. The van der Waals surface area contributed by atoms with Crippen LogP contribution in [-0.4, -0.2) is 8.42 Å². The minimum atomic E-state index is -3.81. The van der Waals surface area contributed by atoms with E-state index in [2.05, 4.69) is 13.8 Å². The van der Waals surface area contributed by atoms with Gasteiger partial charge in [-0.25, -0.2) is 8.42 Å². The first kappa shape index (κ1) is 16.6. The Morgan fingerprint density at radius 2 is 1.79 bits per heavy atom. The smallest absolute Gasteiger partial charge is 0.220 e. The number of allylic oxidation sites excluding steroid dienone is 1. The number of nitriles is 1. The number of fused-ring (bicyclic) bond motifs is 1. The van der Waals surface area contributed by atoms with Gasteiger partial charge in [0.25, 0.3) is 0 Å². The molecular weight excluding hydrogens is 344 g/mol. The van der Waals surface area contributed by atoms with E-state index in [1.807, 2.05) is 24.3 Å². The number of sulfone groups is 1. The molecule has 0 spiro atoms. The van der Waals surface area contributed by atoms with Crippen molar-refractivity contribution < 1.29 is 8.42 Å². The number of hydrogen-bond acceptors (Lipinski definition) is 4. The van der Waals surface area contributed by atoms with Crippen LogP contribution in [0, 0.1) is 11.3 Å². The highest BCUT2D eigenvalue weighted by atomic mass is 35.5. The standard InChI is InChI=1S/C18H15ClN2O2S/c1-12(2)13-3-6-15(7-4-13)21-11-16(10-20)24(22,23)18-8-5-14(19)9-17(18)21/h3-9,11-12H,1-2H3. The normalized spacial score (nSPS) is 15.6. The van der Waals surface area contributed by atoms with Crippen molar-refractivity contribution in [2.45, 2.75) is 24.7 Å². The van der Waals surface area contributed by atoms with E-state index in [4.69, 9.17) is 11.6 Å². The van der Waals surface area contributed by atoms with E-state index in [1.165, 1.54) is 23.9 Å². The van der Waals surface area contributed by atoms with Crippen LogP contribution in [0.5, 0.6) is 0 Å². The second kappa shape index (κ2) is 5.97. The molecule has 1 aliphatic rings. The van der Waals surface area contributed by atoms with Crippen LogP contribution >= 0.6 is 11.6 Å². The summed E-state index contributed by atoms with van der Waals surface area (Å²) in [6, 6.07) is 14.1. The minimum absolute atomic E-state index is 0.0823. The molecule has 0 saturated carbocycles. The second-order valence-corrected chi connectivity index (χ2v) is 8.16. The number of anilines is 2. The summed E-state index contributed by atoms with van der Waals surface area (Å²) in [6.07, 6.45) is 1.35. The summed E-state index contributed by atoms with van der Waals surface area (Å²) < 4.78 is 25.0. The Bertz CT molecular complexity index is 971. The van der Waals surface area contributed by atoms with Gasteiger partial charge in [-0.2, -0.15) is 5.26 Å². The Balaban J connectivity index is 2.21. The largest absolute Gasteiger partial charge is 0.314 e. The summed E-state index contributed by atoms with van der Waals surface area (Å²) in [4.78, 5) is 1.48. The average Bonchev–Trinajstić information content (AvgIpc) is 2.55. The fourth-order valence-corrected chi connectivity index (χ4v) is 4.05. The first-order chi connectivity index (χ1) is 11.3. The molecule has 0 N–H and O–H groups in total. The van der Waals surface area contributed by atoms with E-state index >= 15 is 0 Å². The van der Waals surface area contributed by atoms with Gasteiger partial charge in [-0.15, -0.1) is 0 Å². The molecule has 0 atom stereocenters. The van der Waals surface area contributed by atoms with Gasteiger partial charge in [-0.1, -0.05) is 37.6 Å². The van der Waals surface area contributed by atoms with Crippen LogP contribution in [0.25, 0.3) is 0 Å². The van der Waals surface area contributed by atoms with Crippen molar-refractivity contribution in [3.05, 3.63) is 64.2 Å². The molecule has 0 aromatic heterocycles. The number of halogens is 1. The van der Waals surface area contributed by atoms with Crippen molar-refractivity contribution in [2.24, 2.45) is 0 Å². The summed E-state index contributed by atoms with van der Waals surface area (Å²) in [5, 5.41) is 9.67. The van der Waals surface area contributed by atoms with Crippen LogP contribution in [0.15, 0.2) is 58.5 Å². The van der Waals surface area contributed by atoms with Gasteiger partial charge < -0.3 is 4.90 Å². The van der Waals surface area contributed by atoms with Gasteiger partial charge in [0.2, 0.25) is 9.84 Å². The molecule has 1 aliphatic heterocycles. The van der Waals surface area contributed by atoms with Crippen molar-refractivity contribution in [3.63, 3.8) is 0 Å². The lowest BCUT2D eigenvalue weighted by Gasteiger charge is -2.28. The predicted octanol–water partition coefficient (Wildman–Crippen LogP) is 4.75. The maximum Gasteiger partial charge on any atom is 0.220 e. The van der Waals surface area contributed by atoms with Crippen LogP contribution < -0.4 is 4.90 Å². The molecule has 0 unspecified atom stereocenters. The Labute approximate surface area is 146 Å². The van der Waals surface area contributed by atoms with E-state index in [0.717, 1.165) is 5.69 Å². The van der Waals surface area contributed by atoms with Gasteiger partial charge in [0.1, 0.15) is 6.07 Å². The maximum atomic E-state index is 12.5. The molecular formula is C18H15ClN2O2S. The zero-order valence-electron chi connectivity index (χ0n) is 13.2. The summed E-state index contributed by atoms with van der Waals surface area (Å²) >= 11 is 6.05. The van der Waals surface area contributed by atoms with Gasteiger partial charge in [0, 0.05) is 16.9 Å². The molecule has 122 valence electrons. The topological polar surface area (TPSA) is 61.2 Å². The molecule has 0 aliphatic carbocycles. The molecule has 0 amide bonds. The molecule has 24 heavy (non-hydrogen) atoms. The first-order valence-electron chi connectivity index (χ1n) is 7.40. The molecule has 0 bridgehead atoms. The van der Waals surface area contributed by atoms with Crippen molar-refractivity contribution in [1.29, 1.82) is 5.26 Å². The van der Waals surface area contributed by atoms with Gasteiger partial charge >= 0.3 is 0 Å². The second-order valence-electron chi connectivity index (χ2n) is 5.84. The van der Waals surface area contributed by atoms with E-state index in [9.17, 15) is 13.7 Å². The number of hydrogen-bond donors (Lipinski definition) is 0. The Morgan fingerprint density at radius 3 is 2.38 bits per heavy atom. The van der Waals surface area contributed by atoms with Crippen molar-refractivity contribution >= 4 is 32.8 Å². The SMILES string of the molecule is CC(C)c1ccc(N2C=C(C#N)S(=O)(=O)c3ccc(Cl)cc32)cc1. The maximum absolute atomic E-state index is 12.5. The summed E-state index contributed by atoms with van der Waals surface area (Å²) in [6.45, 7) is 4.20. The minimum Gasteiger partial charge on any atom is -0.314 e. The zero-order valence-corrected chi connectivity index (χ0v) is 14.8. The fourth-order valence-electron chi connectivity index (χ4n) is 2.60. The average molecular weight is 359 g/mol. The van der Waals surface area contributed by atoms with Crippen molar-refractivity contribution in [1.82, 2.24) is 0 Å². The Morgan fingerprint density at radius 1 is 1.12 bits per heavy atom. The molecule has 0 radical (unpaired) electrons. The monoisotopic (exact) mass is 358 g/mol. The summed E-state index contributed by atoms with van der Waals surface area (Å²) in [5.74, 6) is 0.396. The fraction of sp³-hybridized carbons (Fsp3) is 0.167. The Hall–Kier alpha value is -2.29. The van der Waals surface area contributed by atoms with Crippen LogP contribution in [0.2, 0.25) is 5.02 Å². The van der Waals surface area contributed by atoms with Crippen LogP contribution in [0.4, 0.5) is 11.4 Å². The van der Waals surface area contributed by atoms with Crippen molar-refractivity contribution in [2.75, 3.05) is 4.90 Å². The van der Waals surface area contributed by atoms with E-state index in [-0.39, 0.29) is 9.80 Å². The number of rotatable bonds is 2. The quantitative estimate of drug-likeness (QED) is 0.776. The van der Waals surface area contributed by atoms with Gasteiger partial charge in [-0.05, 0) is 41.8 Å². The lowest BCUT2D eigenvalue weighted by molar-refractivity contribution is 0.602. The lowest BCUT2D eigenvalue weighted by Crippen LogP contribution is -2.21. The molecule has 2 aromatic rings. The summed E-state index contributed by atoms with van der Waals surface area (Å²) in [5.41, 5.74) is 2.39. The lowest BCUT2D eigenvalue weighted by atomic mass is 10.0. The number of nitrogens with zero attached hydrogens (tertiary/aromatic N) is 2. The van der Waals surface area contributed by atoms with Gasteiger partial charge in [0.15, 0.2) is 4.91 Å². The Kier molecular flexibility index (Phi) is 4.12. The molecule has 6 heteroatoms.